The average Bonchev–Trinajstić information content (AvgIpc) is 3.05. The fourth-order valence-corrected chi connectivity index (χ4v) is 3.18. The topological polar surface area (TPSA) is 142 Å². The van der Waals surface area contributed by atoms with E-state index in [0.717, 1.165) is 16.9 Å². The van der Waals surface area contributed by atoms with E-state index in [1.807, 2.05) is 54.3 Å². The molecule has 0 bridgehead atoms. The molecular formula is C20H27ClN7O3+. The van der Waals surface area contributed by atoms with Crippen LogP contribution in [-0.2, 0) is 29.7 Å². The predicted molar refractivity (Wildman–Crippen MR) is 118 cm³/mol. The van der Waals surface area contributed by atoms with E-state index in [4.69, 9.17) is 27.8 Å². The van der Waals surface area contributed by atoms with Crippen molar-refractivity contribution in [3.8, 4) is 0 Å². The third-order valence-corrected chi connectivity index (χ3v) is 4.80. The lowest BCUT2D eigenvalue weighted by Gasteiger charge is -2.08. The molecule has 3 aromatic rings. The van der Waals surface area contributed by atoms with Gasteiger partial charge in [0.1, 0.15) is 13.1 Å². The van der Waals surface area contributed by atoms with Crippen molar-refractivity contribution >= 4 is 46.1 Å². The summed E-state index contributed by atoms with van der Waals surface area (Å²) in [5, 5.41) is 2.67. The Morgan fingerprint density at radius 3 is 2.55 bits per heavy atom. The van der Waals surface area contributed by atoms with Gasteiger partial charge in [-0.15, -0.1) is 0 Å². The molecule has 11 heteroatoms. The summed E-state index contributed by atoms with van der Waals surface area (Å²) in [5.74, 6) is -0.242. The van der Waals surface area contributed by atoms with Gasteiger partial charge in [0.05, 0.1) is 20.6 Å². The maximum Gasteiger partial charge on any atom is 0.309 e. The Balaban J connectivity index is 0.00000166. The van der Waals surface area contributed by atoms with Gasteiger partial charge in [-0.3, -0.25) is 9.59 Å². The van der Waals surface area contributed by atoms with Crippen LogP contribution in [0.4, 0.5) is 11.6 Å². The number of carbonyl (C=O) groups excluding carboxylic acids is 2. The highest BCUT2D eigenvalue weighted by molar-refractivity contribution is 6.31. The van der Waals surface area contributed by atoms with Gasteiger partial charge in [0.15, 0.2) is 33.5 Å². The second-order valence-corrected chi connectivity index (χ2v) is 6.62. The summed E-state index contributed by atoms with van der Waals surface area (Å²) in [6.45, 7) is 4.56. The number of hydrogen-bond donors (Lipinski definition) is 3. The molecule has 0 spiro atoms. The Morgan fingerprint density at radius 2 is 1.87 bits per heavy atom. The third-order valence-electron chi connectivity index (χ3n) is 4.53. The number of carbonyl (C=O) groups is 2. The second-order valence-electron chi connectivity index (χ2n) is 6.26. The molecule has 5 N–H and O–H groups in total. The molecule has 3 rings (SSSR count). The van der Waals surface area contributed by atoms with Gasteiger partial charge < -0.3 is 21.5 Å². The number of halogens is 1. The number of esters is 1. The molecule has 0 aliphatic carbocycles. The van der Waals surface area contributed by atoms with Gasteiger partial charge in [0.2, 0.25) is 0 Å². The number of methoxy groups -OCH3 is 1. The van der Waals surface area contributed by atoms with Crippen LogP contribution in [0.25, 0.3) is 11.0 Å². The lowest BCUT2D eigenvalue weighted by molar-refractivity contribution is -0.654. The van der Waals surface area contributed by atoms with Crippen LogP contribution >= 0.6 is 11.6 Å². The number of rotatable bonds is 6. The standard InChI is InChI=1S/C18H20ClN7O3.C2H6/c1-25-10-5-3-4-6-11(10)26(8-7-13(27)29-2)12(25)9-22-18(28)14-16(20)24-17(21)15(19)23-14;1-2/h3-6H,7-9H2,1-2H3,(H4-,20,21,22,24,28);1-2H3/p+1. The van der Waals surface area contributed by atoms with Gasteiger partial charge in [0.25, 0.3) is 11.7 Å². The molecule has 0 unspecified atom stereocenters. The Bertz CT molecular complexity index is 1100. The van der Waals surface area contributed by atoms with Crippen LogP contribution < -0.4 is 21.4 Å². The largest absolute Gasteiger partial charge is 0.469 e. The minimum absolute atomic E-state index is 0.0462. The number of hydrogen-bond acceptors (Lipinski definition) is 7. The van der Waals surface area contributed by atoms with Crippen molar-refractivity contribution in [3.05, 3.63) is 40.9 Å². The van der Waals surface area contributed by atoms with Gasteiger partial charge in [-0.1, -0.05) is 37.6 Å². The number of aromatic nitrogens is 4. The molecule has 0 saturated heterocycles. The number of benzene rings is 1. The van der Waals surface area contributed by atoms with Crippen molar-refractivity contribution < 1.29 is 18.9 Å². The van der Waals surface area contributed by atoms with Crippen LogP contribution in [0.2, 0.25) is 5.15 Å². The molecule has 0 radical (unpaired) electrons. The van der Waals surface area contributed by atoms with E-state index < -0.39 is 5.91 Å². The number of fused-ring (bicyclic) bond motifs is 1. The highest BCUT2D eigenvalue weighted by Gasteiger charge is 2.24. The molecule has 166 valence electrons. The van der Waals surface area contributed by atoms with Gasteiger partial charge in [0, 0.05) is 0 Å². The van der Waals surface area contributed by atoms with Gasteiger partial charge in [-0.25, -0.2) is 19.1 Å². The zero-order valence-corrected chi connectivity index (χ0v) is 18.7. The molecule has 0 atom stereocenters. The molecule has 1 aromatic carbocycles. The normalized spacial score (nSPS) is 10.4. The van der Waals surface area contributed by atoms with E-state index in [2.05, 4.69) is 15.3 Å². The van der Waals surface area contributed by atoms with E-state index >= 15 is 0 Å². The number of aryl methyl sites for hydroxylation is 2. The third kappa shape index (κ3) is 5.21. The minimum Gasteiger partial charge on any atom is -0.469 e. The van der Waals surface area contributed by atoms with E-state index in [-0.39, 0.29) is 41.4 Å². The van der Waals surface area contributed by atoms with Crippen molar-refractivity contribution in [2.24, 2.45) is 7.05 Å². The molecule has 0 saturated carbocycles. The number of imidazole rings is 1. The van der Waals surface area contributed by atoms with Crippen LogP contribution in [0.5, 0.6) is 0 Å². The quantitative estimate of drug-likeness (QED) is 0.384. The number of para-hydroxylation sites is 2. The second kappa shape index (κ2) is 10.6. The van der Waals surface area contributed by atoms with E-state index in [0.29, 0.717) is 6.54 Å². The molecule has 0 aliphatic rings. The summed E-state index contributed by atoms with van der Waals surface area (Å²) in [5.41, 5.74) is 13.1. The summed E-state index contributed by atoms with van der Waals surface area (Å²) in [4.78, 5) is 31.9. The summed E-state index contributed by atoms with van der Waals surface area (Å²) in [6.07, 6.45) is 0.197. The number of ether oxygens (including phenoxy) is 1. The molecule has 0 aliphatic heterocycles. The summed E-state index contributed by atoms with van der Waals surface area (Å²) in [7, 11) is 3.23. The van der Waals surface area contributed by atoms with Crippen molar-refractivity contribution in [1.82, 2.24) is 19.9 Å². The molecule has 2 heterocycles. The first kappa shape index (κ1) is 23.9. The monoisotopic (exact) mass is 448 g/mol. The fraction of sp³-hybridized carbons (Fsp3) is 0.350. The lowest BCUT2D eigenvalue weighted by Crippen LogP contribution is -2.38. The smallest absolute Gasteiger partial charge is 0.309 e. The maximum atomic E-state index is 12.6. The maximum absolute atomic E-state index is 12.6. The van der Waals surface area contributed by atoms with E-state index in [1.165, 1.54) is 7.11 Å². The molecule has 31 heavy (non-hydrogen) atoms. The van der Waals surface area contributed by atoms with Crippen molar-refractivity contribution in [1.29, 1.82) is 0 Å². The van der Waals surface area contributed by atoms with Crippen LogP contribution in [0, 0.1) is 0 Å². The zero-order chi connectivity index (χ0) is 23.1. The van der Waals surface area contributed by atoms with Crippen LogP contribution in [0.1, 0.15) is 36.6 Å². The van der Waals surface area contributed by atoms with Crippen LogP contribution in [0.3, 0.4) is 0 Å². The highest BCUT2D eigenvalue weighted by atomic mass is 35.5. The highest BCUT2D eigenvalue weighted by Crippen LogP contribution is 2.18. The van der Waals surface area contributed by atoms with Gasteiger partial charge in [-0.05, 0) is 12.1 Å². The average molecular weight is 449 g/mol. The molecule has 10 nitrogen and oxygen atoms in total. The number of anilines is 2. The predicted octanol–water partition coefficient (Wildman–Crippen LogP) is 1.59. The number of nitrogens with two attached hydrogens (primary N) is 2. The first-order valence-corrected chi connectivity index (χ1v) is 10.1. The minimum atomic E-state index is -0.540. The van der Waals surface area contributed by atoms with Gasteiger partial charge in [-0.2, -0.15) is 0 Å². The first-order valence-electron chi connectivity index (χ1n) is 9.73. The number of nitrogens with one attached hydrogen (secondary N) is 1. The zero-order valence-electron chi connectivity index (χ0n) is 18.0. The SMILES string of the molecule is CC.COC(=O)CCn1c(CNC(=O)c2nc(Cl)c(N)nc2N)[n+](C)c2ccccc21. The lowest BCUT2D eigenvalue weighted by atomic mass is 10.3. The van der Waals surface area contributed by atoms with Crippen molar-refractivity contribution in [2.45, 2.75) is 33.4 Å². The Kier molecular flexibility index (Phi) is 8.14. The molecule has 2 aromatic heterocycles. The number of nitrogen functional groups attached to an aromatic ring is 2. The van der Waals surface area contributed by atoms with Crippen LogP contribution in [-0.4, -0.2) is 33.5 Å². The summed E-state index contributed by atoms with van der Waals surface area (Å²) >= 11 is 5.85. The Labute approximate surface area is 185 Å². The summed E-state index contributed by atoms with van der Waals surface area (Å²) in [6, 6.07) is 7.73. The molecule has 0 fully saturated rings. The van der Waals surface area contributed by atoms with Crippen molar-refractivity contribution in [3.63, 3.8) is 0 Å². The molecule has 1 amide bonds. The first-order chi connectivity index (χ1) is 14.8. The molecular weight excluding hydrogens is 422 g/mol. The van der Waals surface area contributed by atoms with Crippen molar-refractivity contribution in [2.75, 3.05) is 18.6 Å². The van der Waals surface area contributed by atoms with Crippen LogP contribution in [0.15, 0.2) is 24.3 Å². The van der Waals surface area contributed by atoms with E-state index in [9.17, 15) is 9.59 Å². The van der Waals surface area contributed by atoms with Gasteiger partial charge >= 0.3 is 5.97 Å². The van der Waals surface area contributed by atoms with E-state index in [1.54, 1.807) is 0 Å². The Hall–Kier alpha value is -3.40. The summed E-state index contributed by atoms with van der Waals surface area (Å²) < 4.78 is 8.64. The number of amides is 1. The fourth-order valence-electron chi connectivity index (χ4n) is 3.06. The Morgan fingerprint density at radius 1 is 1.19 bits per heavy atom. The number of nitrogens with zero attached hydrogens (tertiary/aromatic N) is 4.